The van der Waals surface area contributed by atoms with Crippen LogP contribution in [0, 0.1) is 5.41 Å². The van der Waals surface area contributed by atoms with Crippen LogP contribution in [0.1, 0.15) is 46.5 Å². The minimum atomic E-state index is -0.0412. The van der Waals surface area contributed by atoms with Gasteiger partial charge in [-0.1, -0.05) is 20.8 Å². The SMILES string of the molecule is CCC(N)CC(=O)NCC(C)(C)CCCO. The molecular formula is C12H26N2O2. The number of amides is 1. The van der Waals surface area contributed by atoms with E-state index in [4.69, 9.17) is 10.8 Å². The molecule has 4 nitrogen and oxygen atoms in total. The van der Waals surface area contributed by atoms with E-state index in [0.29, 0.717) is 13.0 Å². The molecule has 0 aliphatic rings. The molecule has 0 fully saturated rings. The van der Waals surface area contributed by atoms with Crippen LogP contribution in [0.3, 0.4) is 0 Å². The highest BCUT2D eigenvalue weighted by atomic mass is 16.2. The number of rotatable bonds is 8. The Bertz CT molecular complexity index is 205. The summed E-state index contributed by atoms with van der Waals surface area (Å²) in [7, 11) is 0. The Morgan fingerprint density at radius 3 is 2.62 bits per heavy atom. The summed E-state index contributed by atoms with van der Waals surface area (Å²) < 4.78 is 0. The molecule has 0 aliphatic heterocycles. The molecule has 0 saturated carbocycles. The Hall–Kier alpha value is -0.610. The van der Waals surface area contributed by atoms with Crippen LogP contribution in [-0.2, 0) is 4.79 Å². The van der Waals surface area contributed by atoms with Crippen molar-refractivity contribution in [3.8, 4) is 0 Å². The Kier molecular flexibility index (Phi) is 7.34. The lowest BCUT2D eigenvalue weighted by molar-refractivity contribution is -0.121. The van der Waals surface area contributed by atoms with Gasteiger partial charge in [0.15, 0.2) is 0 Å². The first-order valence-corrected chi connectivity index (χ1v) is 6.04. The van der Waals surface area contributed by atoms with Crippen molar-refractivity contribution in [3.63, 3.8) is 0 Å². The van der Waals surface area contributed by atoms with E-state index in [9.17, 15) is 4.79 Å². The summed E-state index contributed by atoms with van der Waals surface area (Å²) in [5, 5.41) is 11.7. The Morgan fingerprint density at radius 2 is 2.12 bits per heavy atom. The maximum Gasteiger partial charge on any atom is 0.221 e. The average molecular weight is 230 g/mol. The predicted molar refractivity (Wildman–Crippen MR) is 66.0 cm³/mol. The van der Waals surface area contributed by atoms with Crippen LogP contribution < -0.4 is 11.1 Å². The van der Waals surface area contributed by atoms with Gasteiger partial charge >= 0.3 is 0 Å². The fourth-order valence-corrected chi connectivity index (χ4v) is 1.44. The fourth-order valence-electron chi connectivity index (χ4n) is 1.44. The van der Waals surface area contributed by atoms with E-state index in [2.05, 4.69) is 19.2 Å². The third-order valence-corrected chi connectivity index (χ3v) is 2.75. The standard InChI is InChI=1S/C12H26N2O2/c1-4-10(13)8-11(16)14-9-12(2,3)6-5-7-15/h10,15H,4-9,13H2,1-3H3,(H,14,16). The summed E-state index contributed by atoms with van der Waals surface area (Å²) in [4.78, 5) is 11.5. The third kappa shape index (κ3) is 7.65. The number of nitrogens with one attached hydrogen (secondary N) is 1. The van der Waals surface area contributed by atoms with Gasteiger partial charge in [-0.2, -0.15) is 0 Å². The topological polar surface area (TPSA) is 75.4 Å². The second-order valence-corrected chi connectivity index (χ2v) is 5.14. The highest BCUT2D eigenvalue weighted by Crippen LogP contribution is 2.20. The number of nitrogens with two attached hydrogens (primary N) is 1. The molecule has 0 saturated heterocycles. The van der Waals surface area contributed by atoms with Crippen molar-refractivity contribution in [2.75, 3.05) is 13.2 Å². The molecule has 0 aromatic rings. The van der Waals surface area contributed by atoms with Crippen LogP contribution in [-0.4, -0.2) is 30.2 Å². The van der Waals surface area contributed by atoms with Crippen molar-refractivity contribution in [1.82, 2.24) is 5.32 Å². The van der Waals surface area contributed by atoms with E-state index in [-0.39, 0.29) is 24.0 Å². The van der Waals surface area contributed by atoms with Crippen molar-refractivity contribution < 1.29 is 9.90 Å². The molecule has 0 bridgehead atoms. The zero-order chi connectivity index (χ0) is 12.6. The fraction of sp³-hybridized carbons (Fsp3) is 0.917. The highest BCUT2D eigenvalue weighted by molar-refractivity contribution is 5.76. The Morgan fingerprint density at radius 1 is 1.50 bits per heavy atom. The number of aliphatic hydroxyl groups excluding tert-OH is 1. The zero-order valence-corrected chi connectivity index (χ0v) is 10.8. The Balaban J connectivity index is 3.81. The number of hydrogen-bond acceptors (Lipinski definition) is 3. The van der Waals surface area contributed by atoms with Crippen LogP contribution in [0.15, 0.2) is 0 Å². The normalized spacial score (nSPS) is 13.6. The molecule has 0 spiro atoms. The minimum Gasteiger partial charge on any atom is -0.396 e. The molecule has 1 atom stereocenters. The lowest BCUT2D eigenvalue weighted by Gasteiger charge is -2.24. The zero-order valence-electron chi connectivity index (χ0n) is 10.8. The molecular weight excluding hydrogens is 204 g/mol. The summed E-state index contributed by atoms with van der Waals surface area (Å²) in [6, 6.07) is -0.0412. The van der Waals surface area contributed by atoms with Crippen LogP contribution in [0.4, 0.5) is 0 Å². The molecule has 4 N–H and O–H groups in total. The molecule has 16 heavy (non-hydrogen) atoms. The highest BCUT2D eigenvalue weighted by Gasteiger charge is 2.18. The third-order valence-electron chi connectivity index (χ3n) is 2.75. The first-order valence-electron chi connectivity index (χ1n) is 6.04. The molecule has 0 aromatic heterocycles. The number of carbonyl (C=O) groups is 1. The lowest BCUT2D eigenvalue weighted by atomic mass is 9.88. The van der Waals surface area contributed by atoms with E-state index >= 15 is 0 Å². The lowest BCUT2D eigenvalue weighted by Crippen LogP contribution is -2.37. The van der Waals surface area contributed by atoms with Gasteiger partial charge in [0.1, 0.15) is 0 Å². The van der Waals surface area contributed by atoms with Gasteiger partial charge in [-0.25, -0.2) is 0 Å². The predicted octanol–water partition coefficient (Wildman–Crippen LogP) is 1.03. The molecule has 0 heterocycles. The maximum atomic E-state index is 11.5. The average Bonchev–Trinajstić information content (AvgIpc) is 2.24. The summed E-state index contributed by atoms with van der Waals surface area (Å²) >= 11 is 0. The van der Waals surface area contributed by atoms with Crippen molar-refractivity contribution in [2.24, 2.45) is 11.1 Å². The van der Waals surface area contributed by atoms with Gasteiger partial charge in [0, 0.05) is 25.6 Å². The van der Waals surface area contributed by atoms with Crippen LogP contribution in [0.5, 0.6) is 0 Å². The smallest absolute Gasteiger partial charge is 0.221 e. The number of carbonyl (C=O) groups excluding carboxylic acids is 1. The summed E-state index contributed by atoms with van der Waals surface area (Å²) in [6.07, 6.45) is 2.90. The van der Waals surface area contributed by atoms with Gasteiger partial charge in [0.05, 0.1) is 0 Å². The van der Waals surface area contributed by atoms with Crippen molar-refractivity contribution in [1.29, 1.82) is 0 Å². The summed E-state index contributed by atoms with van der Waals surface area (Å²) in [6.45, 7) is 6.99. The number of aliphatic hydroxyl groups is 1. The Labute approximate surface area is 98.6 Å². The minimum absolute atomic E-state index is 0.0198. The molecule has 1 unspecified atom stereocenters. The van der Waals surface area contributed by atoms with E-state index in [0.717, 1.165) is 19.3 Å². The monoisotopic (exact) mass is 230 g/mol. The van der Waals surface area contributed by atoms with Gasteiger partial charge in [-0.3, -0.25) is 4.79 Å². The first-order chi connectivity index (χ1) is 7.41. The number of hydrogen-bond donors (Lipinski definition) is 3. The van der Waals surface area contributed by atoms with E-state index in [1.165, 1.54) is 0 Å². The van der Waals surface area contributed by atoms with Crippen LogP contribution in [0.25, 0.3) is 0 Å². The van der Waals surface area contributed by atoms with Gasteiger partial charge in [-0.05, 0) is 24.7 Å². The van der Waals surface area contributed by atoms with E-state index in [1.807, 2.05) is 6.92 Å². The summed E-state index contributed by atoms with van der Waals surface area (Å²) in [5.74, 6) is 0.0198. The van der Waals surface area contributed by atoms with E-state index in [1.54, 1.807) is 0 Å². The van der Waals surface area contributed by atoms with Crippen LogP contribution in [0.2, 0.25) is 0 Å². The second kappa shape index (κ2) is 7.63. The van der Waals surface area contributed by atoms with Crippen LogP contribution >= 0.6 is 0 Å². The molecule has 0 radical (unpaired) electrons. The molecule has 1 amide bonds. The van der Waals surface area contributed by atoms with Gasteiger partial charge in [0.25, 0.3) is 0 Å². The molecule has 0 rings (SSSR count). The molecule has 4 heteroatoms. The van der Waals surface area contributed by atoms with Gasteiger partial charge < -0.3 is 16.2 Å². The van der Waals surface area contributed by atoms with Crippen molar-refractivity contribution in [3.05, 3.63) is 0 Å². The van der Waals surface area contributed by atoms with Gasteiger partial charge in [-0.15, -0.1) is 0 Å². The molecule has 0 aliphatic carbocycles. The van der Waals surface area contributed by atoms with Gasteiger partial charge in [0.2, 0.25) is 5.91 Å². The quantitative estimate of drug-likeness (QED) is 0.583. The first kappa shape index (κ1) is 15.4. The van der Waals surface area contributed by atoms with E-state index < -0.39 is 0 Å². The summed E-state index contributed by atoms with van der Waals surface area (Å²) in [5.41, 5.74) is 5.74. The second-order valence-electron chi connectivity index (χ2n) is 5.14. The largest absolute Gasteiger partial charge is 0.396 e. The van der Waals surface area contributed by atoms with Crippen molar-refractivity contribution in [2.45, 2.75) is 52.5 Å². The molecule has 0 aromatic carbocycles. The molecule has 96 valence electrons. The van der Waals surface area contributed by atoms with Crippen molar-refractivity contribution >= 4 is 5.91 Å². The maximum absolute atomic E-state index is 11.5.